The Labute approximate surface area is 156 Å². The van der Waals surface area contributed by atoms with E-state index in [1.807, 2.05) is 0 Å². The highest BCUT2D eigenvalue weighted by atomic mass is 32.2. The average molecular weight is 393 g/mol. The summed E-state index contributed by atoms with van der Waals surface area (Å²) in [6.45, 7) is 0.934. The summed E-state index contributed by atoms with van der Waals surface area (Å²) in [5, 5.41) is 2.74. The predicted molar refractivity (Wildman–Crippen MR) is 92.2 cm³/mol. The van der Waals surface area contributed by atoms with Gasteiger partial charge in [0.25, 0.3) is 15.9 Å². The summed E-state index contributed by atoms with van der Waals surface area (Å²) >= 11 is 0. The molecule has 27 heavy (non-hydrogen) atoms. The number of hydrogen-bond donors (Lipinski definition) is 1. The zero-order valence-electron chi connectivity index (χ0n) is 14.5. The molecule has 10 heteroatoms. The first-order valence-electron chi connectivity index (χ1n) is 8.67. The van der Waals surface area contributed by atoms with Gasteiger partial charge in [-0.3, -0.25) is 14.4 Å². The van der Waals surface area contributed by atoms with Crippen molar-refractivity contribution in [3.63, 3.8) is 0 Å². The monoisotopic (exact) mass is 393 g/mol. The zero-order chi connectivity index (χ0) is 19.2. The number of amides is 3. The van der Waals surface area contributed by atoms with Crippen LogP contribution in [-0.2, 0) is 24.3 Å². The third kappa shape index (κ3) is 2.98. The number of benzene rings is 1. The SMILES string of the molecule is O=C1COC2(CCN(C(=O)CCN3C(=O)c4ccccc4S3(=O)=O)C2)CN1. The smallest absolute Gasteiger partial charge is 0.269 e. The zero-order valence-corrected chi connectivity index (χ0v) is 15.3. The van der Waals surface area contributed by atoms with Crippen LogP contribution in [0.2, 0.25) is 0 Å². The molecule has 3 aliphatic heterocycles. The van der Waals surface area contributed by atoms with Gasteiger partial charge in [0.05, 0.1) is 12.1 Å². The Hall–Kier alpha value is -2.46. The van der Waals surface area contributed by atoms with E-state index in [1.165, 1.54) is 12.1 Å². The molecule has 0 bridgehead atoms. The summed E-state index contributed by atoms with van der Waals surface area (Å²) in [5.74, 6) is -1.02. The topological polar surface area (TPSA) is 113 Å². The van der Waals surface area contributed by atoms with E-state index in [0.29, 0.717) is 26.1 Å². The van der Waals surface area contributed by atoms with E-state index < -0.39 is 21.5 Å². The van der Waals surface area contributed by atoms with E-state index in [-0.39, 0.29) is 41.8 Å². The summed E-state index contributed by atoms with van der Waals surface area (Å²) in [6.07, 6.45) is 0.507. The van der Waals surface area contributed by atoms with Crippen molar-refractivity contribution in [2.75, 3.05) is 32.8 Å². The van der Waals surface area contributed by atoms with Gasteiger partial charge in [-0.1, -0.05) is 12.1 Å². The van der Waals surface area contributed by atoms with Crippen molar-refractivity contribution in [3.05, 3.63) is 29.8 Å². The van der Waals surface area contributed by atoms with Crippen molar-refractivity contribution >= 4 is 27.7 Å². The number of nitrogens with one attached hydrogen (secondary N) is 1. The van der Waals surface area contributed by atoms with Crippen LogP contribution in [0.1, 0.15) is 23.2 Å². The minimum Gasteiger partial charge on any atom is -0.361 e. The van der Waals surface area contributed by atoms with Crippen molar-refractivity contribution in [2.24, 2.45) is 0 Å². The summed E-state index contributed by atoms with van der Waals surface area (Å²) in [4.78, 5) is 37.7. The molecule has 2 fully saturated rings. The molecular weight excluding hydrogens is 374 g/mol. The van der Waals surface area contributed by atoms with Gasteiger partial charge in [-0.2, -0.15) is 0 Å². The fraction of sp³-hybridized carbons (Fsp3) is 0.471. The Morgan fingerprint density at radius 3 is 2.74 bits per heavy atom. The van der Waals surface area contributed by atoms with Gasteiger partial charge in [0.1, 0.15) is 17.1 Å². The first-order chi connectivity index (χ1) is 12.8. The first kappa shape index (κ1) is 17.9. The Morgan fingerprint density at radius 1 is 1.26 bits per heavy atom. The Bertz CT molecular complexity index is 918. The lowest BCUT2D eigenvalue weighted by Gasteiger charge is -2.33. The molecule has 3 amide bonds. The molecule has 144 valence electrons. The fourth-order valence-electron chi connectivity index (χ4n) is 3.71. The first-order valence-corrected chi connectivity index (χ1v) is 10.1. The summed E-state index contributed by atoms with van der Waals surface area (Å²) < 4.78 is 31.4. The molecule has 1 spiro atoms. The van der Waals surface area contributed by atoms with Crippen LogP contribution in [0, 0.1) is 0 Å². The molecule has 0 aromatic heterocycles. The number of fused-ring (bicyclic) bond motifs is 1. The van der Waals surface area contributed by atoms with Gasteiger partial charge >= 0.3 is 0 Å². The van der Waals surface area contributed by atoms with Crippen LogP contribution in [0.15, 0.2) is 29.2 Å². The van der Waals surface area contributed by atoms with E-state index in [2.05, 4.69) is 5.32 Å². The molecule has 2 saturated heterocycles. The minimum atomic E-state index is -3.91. The lowest BCUT2D eigenvalue weighted by molar-refractivity contribution is -0.143. The Morgan fingerprint density at radius 2 is 2.04 bits per heavy atom. The number of nitrogens with zero attached hydrogens (tertiary/aromatic N) is 2. The number of ether oxygens (including phenoxy) is 1. The standard InChI is InChI=1S/C17H19N3O6S/c21-14-9-26-17(10-18-14)6-8-19(11-17)15(22)5-7-20-16(23)12-3-1-2-4-13(12)27(20,24)25/h1-4H,5-11H2,(H,18,21). The van der Waals surface area contributed by atoms with Crippen LogP contribution >= 0.6 is 0 Å². The van der Waals surface area contributed by atoms with Gasteiger partial charge in [0, 0.05) is 26.1 Å². The molecule has 0 saturated carbocycles. The number of carbonyl (C=O) groups is 3. The third-order valence-corrected chi connectivity index (χ3v) is 7.07. The highest BCUT2D eigenvalue weighted by Crippen LogP contribution is 2.31. The molecule has 4 rings (SSSR count). The molecule has 9 nitrogen and oxygen atoms in total. The number of morpholine rings is 1. The molecule has 1 unspecified atom stereocenters. The second kappa shape index (κ2) is 6.31. The highest BCUT2D eigenvalue weighted by Gasteiger charge is 2.44. The Kier molecular flexibility index (Phi) is 4.19. The van der Waals surface area contributed by atoms with Crippen LogP contribution in [0.25, 0.3) is 0 Å². The molecule has 3 aliphatic rings. The quantitative estimate of drug-likeness (QED) is 0.729. The lowest BCUT2D eigenvalue weighted by atomic mass is 10.0. The molecule has 3 heterocycles. The minimum absolute atomic E-state index is 0.0195. The van der Waals surface area contributed by atoms with E-state index in [4.69, 9.17) is 4.74 Å². The van der Waals surface area contributed by atoms with Gasteiger partial charge in [0.15, 0.2) is 0 Å². The van der Waals surface area contributed by atoms with Gasteiger partial charge in [-0.25, -0.2) is 12.7 Å². The maximum Gasteiger partial charge on any atom is 0.269 e. The lowest BCUT2D eigenvalue weighted by Crippen LogP contribution is -2.54. The van der Waals surface area contributed by atoms with Crippen LogP contribution in [0.4, 0.5) is 0 Å². The largest absolute Gasteiger partial charge is 0.361 e. The van der Waals surface area contributed by atoms with Crippen LogP contribution < -0.4 is 5.32 Å². The second-order valence-corrected chi connectivity index (χ2v) is 8.77. The van der Waals surface area contributed by atoms with Crippen LogP contribution in [-0.4, -0.2) is 73.7 Å². The maximum atomic E-state index is 12.5. The van der Waals surface area contributed by atoms with E-state index in [9.17, 15) is 22.8 Å². The number of sulfonamides is 1. The van der Waals surface area contributed by atoms with Crippen LogP contribution in [0.5, 0.6) is 0 Å². The summed E-state index contributed by atoms with van der Waals surface area (Å²) in [6, 6.07) is 6.03. The summed E-state index contributed by atoms with van der Waals surface area (Å²) in [5.41, 5.74) is -0.438. The van der Waals surface area contributed by atoms with Gasteiger partial charge < -0.3 is 15.0 Å². The molecule has 0 aliphatic carbocycles. The van der Waals surface area contributed by atoms with E-state index >= 15 is 0 Å². The van der Waals surface area contributed by atoms with E-state index in [0.717, 1.165) is 4.31 Å². The predicted octanol–water partition coefficient (Wildman–Crippen LogP) is -0.661. The summed E-state index contributed by atoms with van der Waals surface area (Å²) in [7, 11) is -3.91. The Balaban J connectivity index is 1.39. The molecule has 1 N–H and O–H groups in total. The normalized spacial score (nSPS) is 26.4. The van der Waals surface area contributed by atoms with Crippen molar-refractivity contribution in [2.45, 2.75) is 23.3 Å². The number of carbonyl (C=O) groups excluding carboxylic acids is 3. The highest BCUT2D eigenvalue weighted by molar-refractivity contribution is 7.90. The molecule has 1 aromatic carbocycles. The van der Waals surface area contributed by atoms with Crippen LogP contribution in [0.3, 0.4) is 0 Å². The van der Waals surface area contributed by atoms with Gasteiger partial charge in [-0.15, -0.1) is 0 Å². The molecular formula is C17H19N3O6S. The maximum absolute atomic E-state index is 12.5. The van der Waals surface area contributed by atoms with Gasteiger partial charge in [-0.05, 0) is 18.6 Å². The van der Waals surface area contributed by atoms with Crippen molar-refractivity contribution in [1.82, 2.24) is 14.5 Å². The van der Waals surface area contributed by atoms with Crippen molar-refractivity contribution in [3.8, 4) is 0 Å². The molecule has 1 aromatic rings. The number of rotatable bonds is 3. The van der Waals surface area contributed by atoms with Crippen molar-refractivity contribution < 1.29 is 27.5 Å². The number of hydrogen-bond acceptors (Lipinski definition) is 6. The third-order valence-electron chi connectivity index (χ3n) is 5.23. The van der Waals surface area contributed by atoms with E-state index in [1.54, 1.807) is 17.0 Å². The second-order valence-electron chi connectivity index (χ2n) is 6.94. The molecule has 0 radical (unpaired) electrons. The number of likely N-dealkylation sites (tertiary alicyclic amines) is 1. The average Bonchev–Trinajstić information content (AvgIpc) is 3.15. The van der Waals surface area contributed by atoms with Crippen molar-refractivity contribution in [1.29, 1.82) is 0 Å². The fourth-order valence-corrected chi connectivity index (χ4v) is 5.28. The van der Waals surface area contributed by atoms with Gasteiger partial charge in [0.2, 0.25) is 11.8 Å². The molecule has 1 atom stereocenters.